The van der Waals surface area contributed by atoms with Crippen LogP contribution in [0, 0.1) is 12.8 Å². The first-order chi connectivity index (χ1) is 8.65. The van der Waals surface area contributed by atoms with Crippen molar-refractivity contribution in [1.29, 1.82) is 0 Å². The average molecular weight is 249 g/mol. The summed E-state index contributed by atoms with van der Waals surface area (Å²) >= 11 is 0. The quantitative estimate of drug-likeness (QED) is 0.798. The van der Waals surface area contributed by atoms with E-state index in [4.69, 9.17) is 0 Å². The number of hydrogen-bond donors (Lipinski definition) is 0. The summed E-state index contributed by atoms with van der Waals surface area (Å²) in [5.41, 5.74) is 1.27. The third-order valence-corrected chi connectivity index (χ3v) is 3.92. The smallest absolute Gasteiger partial charge is 0.0543 e. The van der Waals surface area contributed by atoms with Crippen LogP contribution < -0.4 is 0 Å². The second-order valence-electron chi connectivity index (χ2n) is 6.11. The summed E-state index contributed by atoms with van der Waals surface area (Å²) in [6.07, 6.45) is 9.36. The van der Waals surface area contributed by atoms with E-state index in [0.717, 1.165) is 5.92 Å². The van der Waals surface area contributed by atoms with Crippen molar-refractivity contribution in [3.8, 4) is 0 Å². The van der Waals surface area contributed by atoms with Crippen LogP contribution in [0.4, 0.5) is 0 Å². The van der Waals surface area contributed by atoms with E-state index in [1.807, 2.05) is 6.20 Å². The zero-order valence-corrected chi connectivity index (χ0v) is 12.1. The molecule has 0 aliphatic carbocycles. The summed E-state index contributed by atoms with van der Waals surface area (Å²) in [7, 11) is 0. The second kappa shape index (κ2) is 6.37. The van der Waals surface area contributed by atoms with Gasteiger partial charge in [-0.15, -0.1) is 0 Å². The van der Waals surface area contributed by atoms with Crippen molar-refractivity contribution in [3.05, 3.63) is 18.0 Å². The van der Waals surface area contributed by atoms with Gasteiger partial charge in [0, 0.05) is 19.3 Å². The molecule has 1 aliphatic rings. The van der Waals surface area contributed by atoms with Crippen molar-refractivity contribution in [3.63, 3.8) is 0 Å². The van der Waals surface area contributed by atoms with Crippen molar-refractivity contribution in [2.75, 3.05) is 19.6 Å². The minimum atomic E-state index is 0.625. The van der Waals surface area contributed by atoms with Crippen LogP contribution in [-0.4, -0.2) is 34.3 Å². The zero-order chi connectivity index (χ0) is 13.0. The molecule has 0 atom stereocenters. The molecule has 0 saturated carbocycles. The van der Waals surface area contributed by atoms with Gasteiger partial charge in [0.1, 0.15) is 0 Å². The number of hydrogen-bond acceptors (Lipinski definition) is 2. The van der Waals surface area contributed by atoms with Gasteiger partial charge in [-0.3, -0.25) is 4.68 Å². The molecule has 2 rings (SSSR count). The molecule has 0 N–H and O–H groups in total. The van der Waals surface area contributed by atoms with E-state index in [1.54, 1.807) is 0 Å². The molecule has 0 aromatic carbocycles. The summed E-state index contributed by atoms with van der Waals surface area (Å²) in [5.74, 6) is 0.842. The first-order valence-electron chi connectivity index (χ1n) is 7.38. The highest BCUT2D eigenvalue weighted by molar-refractivity contribution is 5.00. The van der Waals surface area contributed by atoms with E-state index < -0.39 is 0 Å². The predicted octanol–water partition coefficient (Wildman–Crippen LogP) is 3.26. The van der Waals surface area contributed by atoms with Crippen molar-refractivity contribution >= 4 is 0 Å². The summed E-state index contributed by atoms with van der Waals surface area (Å²) in [6.45, 7) is 10.5. The van der Waals surface area contributed by atoms with Crippen LogP contribution in [0.25, 0.3) is 0 Å². The fourth-order valence-corrected chi connectivity index (χ4v) is 2.76. The molecule has 0 bridgehead atoms. The number of aromatic nitrogens is 2. The number of aryl methyl sites for hydroxylation is 1. The molecule has 1 aromatic rings. The fraction of sp³-hybridized carbons (Fsp3) is 0.800. The molecule has 3 nitrogen and oxygen atoms in total. The van der Waals surface area contributed by atoms with E-state index in [9.17, 15) is 0 Å². The van der Waals surface area contributed by atoms with Crippen molar-refractivity contribution in [2.24, 2.45) is 5.92 Å². The average Bonchev–Trinajstić information content (AvgIpc) is 2.76. The van der Waals surface area contributed by atoms with Gasteiger partial charge in [0.05, 0.1) is 12.2 Å². The highest BCUT2D eigenvalue weighted by atomic mass is 15.3. The van der Waals surface area contributed by atoms with E-state index >= 15 is 0 Å². The van der Waals surface area contributed by atoms with E-state index in [1.165, 1.54) is 50.9 Å². The Bertz CT molecular complexity index is 348. The largest absolute Gasteiger partial charge is 0.303 e. The van der Waals surface area contributed by atoms with Crippen LogP contribution in [-0.2, 0) is 0 Å². The molecule has 1 saturated heterocycles. The summed E-state index contributed by atoms with van der Waals surface area (Å²) in [5, 5.41) is 4.45. The van der Waals surface area contributed by atoms with Crippen molar-refractivity contribution < 1.29 is 0 Å². The van der Waals surface area contributed by atoms with Gasteiger partial charge in [-0.2, -0.15) is 5.10 Å². The number of piperidine rings is 1. The standard InChI is InChI=1S/C15H27N3/c1-13(2)5-4-8-17-9-6-15(7-10-17)18-12-14(3)11-16-18/h11-13,15H,4-10H2,1-3H3. The van der Waals surface area contributed by atoms with Gasteiger partial charge >= 0.3 is 0 Å². The maximum absolute atomic E-state index is 4.45. The Morgan fingerprint density at radius 1 is 1.33 bits per heavy atom. The molecule has 18 heavy (non-hydrogen) atoms. The van der Waals surface area contributed by atoms with E-state index in [2.05, 4.69) is 41.6 Å². The van der Waals surface area contributed by atoms with Crippen LogP contribution in [0.5, 0.6) is 0 Å². The minimum Gasteiger partial charge on any atom is -0.303 e. The maximum atomic E-state index is 4.45. The molecule has 0 radical (unpaired) electrons. The molecule has 1 aromatic heterocycles. The molecular formula is C15H27N3. The molecule has 2 heterocycles. The zero-order valence-electron chi connectivity index (χ0n) is 12.1. The minimum absolute atomic E-state index is 0.625. The first kappa shape index (κ1) is 13.6. The van der Waals surface area contributed by atoms with Gasteiger partial charge in [0.25, 0.3) is 0 Å². The topological polar surface area (TPSA) is 21.1 Å². The summed E-state index contributed by atoms with van der Waals surface area (Å²) in [6, 6.07) is 0.625. The number of likely N-dealkylation sites (tertiary alicyclic amines) is 1. The van der Waals surface area contributed by atoms with E-state index in [0.29, 0.717) is 6.04 Å². The van der Waals surface area contributed by atoms with Crippen LogP contribution in [0.3, 0.4) is 0 Å². The molecule has 0 unspecified atom stereocenters. The Kier molecular flexibility index (Phi) is 4.81. The number of nitrogens with zero attached hydrogens (tertiary/aromatic N) is 3. The van der Waals surface area contributed by atoms with Crippen LogP contribution >= 0.6 is 0 Å². The summed E-state index contributed by atoms with van der Waals surface area (Å²) in [4.78, 5) is 2.62. The maximum Gasteiger partial charge on any atom is 0.0543 e. The Morgan fingerprint density at radius 2 is 2.06 bits per heavy atom. The lowest BCUT2D eigenvalue weighted by molar-refractivity contribution is 0.175. The monoisotopic (exact) mass is 249 g/mol. The van der Waals surface area contributed by atoms with Gasteiger partial charge in [0.2, 0.25) is 0 Å². The van der Waals surface area contributed by atoms with Crippen molar-refractivity contribution in [2.45, 2.75) is 52.5 Å². The molecule has 0 spiro atoms. The second-order valence-corrected chi connectivity index (χ2v) is 6.11. The normalized spacial score (nSPS) is 18.7. The lowest BCUT2D eigenvalue weighted by Gasteiger charge is -2.32. The molecule has 102 valence electrons. The first-order valence-corrected chi connectivity index (χ1v) is 7.38. The molecular weight excluding hydrogens is 222 g/mol. The fourth-order valence-electron chi connectivity index (χ4n) is 2.76. The SMILES string of the molecule is Cc1cnn(C2CCN(CCCC(C)C)CC2)c1. The van der Waals surface area contributed by atoms with Gasteiger partial charge < -0.3 is 4.90 Å². The molecule has 3 heteroatoms. The highest BCUT2D eigenvalue weighted by Crippen LogP contribution is 2.22. The van der Waals surface area contributed by atoms with Gasteiger partial charge in [-0.1, -0.05) is 13.8 Å². The third kappa shape index (κ3) is 3.84. The van der Waals surface area contributed by atoms with Crippen molar-refractivity contribution in [1.82, 2.24) is 14.7 Å². The van der Waals surface area contributed by atoms with E-state index in [-0.39, 0.29) is 0 Å². The Balaban J connectivity index is 1.71. The predicted molar refractivity (Wildman–Crippen MR) is 75.7 cm³/mol. The van der Waals surface area contributed by atoms with Crippen LogP contribution in [0.2, 0.25) is 0 Å². The Hall–Kier alpha value is -0.830. The Labute approximate surface area is 111 Å². The molecule has 0 amide bonds. The molecule has 1 fully saturated rings. The number of rotatable bonds is 5. The summed E-state index contributed by atoms with van der Waals surface area (Å²) < 4.78 is 2.17. The molecule has 1 aliphatic heterocycles. The lowest BCUT2D eigenvalue weighted by Crippen LogP contribution is -2.35. The van der Waals surface area contributed by atoms with Crippen LogP contribution in [0.1, 0.15) is 51.1 Å². The third-order valence-electron chi connectivity index (χ3n) is 3.92. The van der Waals surface area contributed by atoms with Crippen LogP contribution in [0.15, 0.2) is 12.4 Å². The lowest BCUT2D eigenvalue weighted by atomic mass is 10.0. The van der Waals surface area contributed by atoms with Gasteiger partial charge in [-0.05, 0) is 50.6 Å². The van der Waals surface area contributed by atoms with Gasteiger partial charge in [0.15, 0.2) is 0 Å². The van der Waals surface area contributed by atoms with Gasteiger partial charge in [-0.25, -0.2) is 0 Å². The highest BCUT2D eigenvalue weighted by Gasteiger charge is 2.20. The Morgan fingerprint density at radius 3 is 2.61 bits per heavy atom.